The zero-order valence-electron chi connectivity index (χ0n) is 15.6. The molecule has 0 aliphatic carbocycles. The molecule has 2 aromatic carbocycles. The maximum atomic E-state index is 13.5. The molecule has 0 amide bonds. The molecule has 0 unspecified atom stereocenters. The van der Waals surface area contributed by atoms with Gasteiger partial charge >= 0.3 is 0 Å². The van der Waals surface area contributed by atoms with Crippen molar-refractivity contribution in [2.75, 3.05) is 13.6 Å². The monoisotopic (exact) mass is 491 g/mol. The van der Waals surface area contributed by atoms with Gasteiger partial charge in [-0.25, -0.2) is 4.39 Å². The quantitative estimate of drug-likeness (QED) is 0.191. The van der Waals surface area contributed by atoms with Gasteiger partial charge in [-0.2, -0.15) is 0 Å². The van der Waals surface area contributed by atoms with Crippen LogP contribution in [0.3, 0.4) is 0 Å². The van der Waals surface area contributed by atoms with Crippen molar-refractivity contribution in [1.82, 2.24) is 20.6 Å². The summed E-state index contributed by atoms with van der Waals surface area (Å²) in [5.74, 6) is 0.520. The second kappa shape index (κ2) is 9.09. The highest BCUT2D eigenvalue weighted by molar-refractivity contribution is 14.0. The van der Waals surface area contributed by atoms with Crippen LogP contribution in [0.5, 0.6) is 0 Å². The number of nitrogens with one attached hydrogen (secondary N) is 4. The Labute approximate surface area is 179 Å². The molecule has 0 saturated heterocycles. The summed E-state index contributed by atoms with van der Waals surface area (Å²) in [6.45, 7) is 1.36. The highest BCUT2D eigenvalue weighted by Gasteiger charge is 2.06. The van der Waals surface area contributed by atoms with E-state index in [1.165, 1.54) is 11.5 Å². The molecule has 0 aliphatic rings. The third-order valence-electron chi connectivity index (χ3n) is 4.67. The largest absolute Gasteiger partial charge is 0.361 e. The molecular formula is C21H23FIN5. The van der Waals surface area contributed by atoms with Gasteiger partial charge in [0.05, 0.1) is 6.54 Å². The number of hydrogen-bond acceptors (Lipinski definition) is 1. The second-order valence-electron chi connectivity index (χ2n) is 6.49. The zero-order valence-corrected chi connectivity index (χ0v) is 17.9. The minimum absolute atomic E-state index is 0. The van der Waals surface area contributed by atoms with Crippen LogP contribution in [0.4, 0.5) is 4.39 Å². The van der Waals surface area contributed by atoms with Crippen LogP contribution < -0.4 is 10.6 Å². The molecule has 4 rings (SSSR count). The maximum absolute atomic E-state index is 13.5. The van der Waals surface area contributed by atoms with Crippen LogP contribution in [0, 0.1) is 5.82 Å². The topological polar surface area (TPSA) is 68.0 Å². The van der Waals surface area contributed by atoms with E-state index in [0.717, 1.165) is 40.1 Å². The Bertz CT molecular complexity index is 1070. The van der Waals surface area contributed by atoms with E-state index in [4.69, 9.17) is 0 Å². The first-order valence-corrected chi connectivity index (χ1v) is 8.99. The SMILES string of the molecule is CN=C(NCCc1c[nH]c2ccc(F)cc12)NCc1cc2ccccc2[nH]1.I. The third-order valence-corrected chi connectivity index (χ3v) is 4.67. The van der Waals surface area contributed by atoms with Crippen molar-refractivity contribution in [2.24, 2.45) is 4.99 Å². The molecule has 2 aromatic heterocycles. The minimum atomic E-state index is -0.216. The van der Waals surface area contributed by atoms with Gasteiger partial charge in [-0.3, -0.25) is 4.99 Å². The summed E-state index contributed by atoms with van der Waals surface area (Å²) in [7, 11) is 1.75. The van der Waals surface area contributed by atoms with Crippen molar-refractivity contribution in [2.45, 2.75) is 13.0 Å². The lowest BCUT2D eigenvalue weighted by Gasteiger charge is -2.11. The van der Waals surface area contributed by atoms with E-state index >= 15 is 0 Å². The van der Waals surface area contributed by atoms with Gasteiger partial charge in [-0.1, -0.05) is 18.2 Å². The summed E-state index contributed by atoms with van der Waals surface area (Å²) in [5, 5.41) is 8.75. The van der Waals surface area contributed by atoms with Gasteiger partial charge in [0, 0.05) is 41.9 Å². The van der Waals surface area contributed by atoms with Gasteiger partial charge in [0.15, 0.2) is 5.96 Å². The van der Waals surface area contributed by atoms with E-state index in [2.05, 4.69) is 43.8 Å². The van der Waals surface area contributed by atoms with Crippen molar-refractivity contribution in [1.29, 1.82) is 0 Å². The Kier molecular flexibility index (Phi) is 6.56. The Morgan fingerprint density at radius 2 is 1.93 bits per heavy atom. The van der Waals surface area contributed by atoms with E-state index < -0.39 is 0 Å². The number of aliphatic imine (C=N–C) groups is 1. The predicted molar refractivity (Wildman–Crippen MR) is 124 cm³/mol. The van der Waals surface area contributed by atoms with Crippen LogP contribution in [-0.4, -0.2) is 29.5 Å². The number of halogens is 2. The molecule has 4 aromatic rings. The van der Waals surface area contributed by atoms with E-state index in [9.17, 15) is 4.39 Å². The zero-order chi connectivity index (χ0) is 18.6. The molecule has 28 heavy (non-hydrogen) atoms. The van der Waals surface area contributed by atoms with Crippen LogP contribution in [0.25, 0.3) is 21.8 Å². The van der Waals surface area contributed by atoms with Crippen molar-refractivity contribution >= 4 is 51.7 Å². The van der Waals surface area contributed by atoms with Gasteiger partial charge in [-0.15, -0.1) is 24.0 Å². The molecule has 0 saturated carbocycles. The van der Waals surface area contributed by atoms with E-state index in [-0.39, 0.29) is 29.8 Å². The molecule has 0 aliphatic heterocycles. The second-order valence-corrected chi connectivity index (χ2v) is 6.49. The first-order valence-electron chi connectivity index (χ1n) is 8.99. The summed E-state index contributed by atoms with van der Waals surface area (Å²) in [5.41, 5.74) is 4.27. The van der Waals surface area contributed by atoms with Gasteiger partial charge in [0.1, 0.15) is 5.82 Å². The number of fused-ring (bicyclic) bond motifs is 2. The summed E-state index contributed by atoms with van der Waals surface area (Å²) in [4.78, 5) is 10.8. The van der Waals surface area contributed by atoms with Gasteiger partial charge < -0.3 is 20.6 Å². The lowest BCUT2D eigenvalue weighted by Crippen LogP contribution is -2.37. The standard InChI is InChI=1S/C21H22FN5.HI/c1-23-21(26-13-17-10-14-4-2-3-5-19(14)27-17)24-9-8-15-12-25-20-7-6-16(22)11-18(15)20;/h2-7,10-12,25,27H,8-9,13H2,1H3,(H2,23,24,26);1H. The predicted octanol–water partition coefficient (Wildman–Crippen LogP) is 4.31. The first kappa shape index (κ1) is 20.2. The summed E-state index contributed by atoms with van der Waals surface area (Å²) in [6.07, 6.45) is 2.71. The number of rotatable bonds is 5. The van der Waals surface area contributed by atoms with E-state index in [0.29, 0.717) is 13.1 Å². The Morgan fingerprint density at radius 3 is 2.75 bits per heavy atom. The average Bonchev–Trinajstić information content (AvgIpc) is 3.28. The number of guanidine groups is 1. The Morgan fingerprint density at radius 1 is 1.07 bits per heavy atom. The number of H-pyrrole nitrogens is 2. The van der Waals surface area contributed by atoms with Crippen molar-refractivity contribution in [3.63, 3.8) is 0 Å². The number of benzene rings is 2. The van der Waals surface area contributed by atoms with Crippen LogP contribution in [0.1, 0.15) is 11.3 Å². The van der Waals surface area contributed by atoms with Crippen LogP contribution >= 0.6 is 24.0 Å². The Balaban J connectivity index is 0.00000225. The van der Waals surface area contributed by atoms with Gasteiger partial charge in [0.2, 0.25) is 0 Å². The van der Waals surface area contributed by atoms with Crippen LogP contribution in [-0.2, 0) is 13.0 Å². The third kappa shape index (κ3) is 4.46. The van der Waals surface area contributed by atoms with Gasteiger partial charge in [0.25, 0.3) is 0 Å². The summed E-state index contributed by atoms with van der Waals surface area (Å²) in [6, 6.07) is 15.2. The normalized spacial score (nSPS) is 11.6. The number of nitrogens with zero attached hydrogens (tertiary/aromatic N) is 1. The van der Waals surface area contributed by atoms with Crippen molar-refractivity contribution in [3.05, 3.63) is 71.8 Å². The molecule has 0 bridgehead atoms. The molecule has 2 heterocycles. The van der Waals surface area contributed by atoms with E-state index in [1.807, 2.05) is 18.3 Å². The highest BCUT2D eigenvalue weighted by atomic mass is 127. The van der Waals surface area contributed by atoms with Crippen LogP contribution in [0.15, 0.2) is 59.7 Å². The molecule has 5 nitrogen and oxygen atoms in total. The highest BCUT2D eigenvalue weighted by Crippen LogP contribution is 2.19. The smallest absolute Gasteiger partial charge is 0.191 e. The lowest BCUT2D eigenvalue weighted by molar-refractivity contribution is 0.629. The molecule has 0 radical (unpaired) electrons. The van der Waals surface area contributed by atoms with Crippen molar-refractivity contribution < 1.29 is 4.39 Å². The number of para-hydroxylation sites is 1. The fourth-order valence-electron chi connectivity index (χ4n) is 3.30. The molecule has 7 heteroatoms. The van der Waals surface area contributed by atoms with Crippen LogP contribution in [0.2, 0.25) is 0 Å². The maximum Gasteiger partial charge on any atom is 0.191 e. The fraction of sp³-hybridized carbons (Fsp3) is 0.190. The molecular weight excluding hydrogens is 468 g/mol. The number of aromatic nitrogens is 2. The Hall–Kier alpha value is -2.55. The summed E-state index contributed by atoms with van der Waals surface area (Å²) >= 11 is 0. The molecule has 146 valence electrons. The van der Waals surface area contributed by atoms with E-state index in [1.54, 1.807) is 19.2 Å². The molecule has 0 atom stereocenters. The minimum Gasteiger partial charge on any atom is -0.361 e. The lowest BCUT2D eigenvalue weighted by atomic mass is 10.1. The van der Waals surface area contributed by atoms with Gasteiger partial charge in [-0.05, 0) is 47.7 Å². The number of aromatic amines is 2. The summed E-state index contributed by atoms with van der Waals surface area (Å²) < 4.78 is 13.5. The van der Waals surface area contributed by atoms with Crippen molar-refractivity contribution in [3.8, 4) is 0 Å². The molecule has 0 spiro atoms. The number of hydrogen-bond donors (Lipinski definition) is 4. The molecule has 0 fully saturated rings. The first-order chi connectivity index (χ1) is 13.2. The average molecular weight is 491 g/mol. The fourth-order valence-corrected chi connectivity index (χ4v) is 3.30. The molecule has 4 N–H and O–H groups in total.